The van der Waals surface area contributed by atoms with Gasteiger partial charge in [-0.15, -0.1) is 0 Å². The van der Waals surface area contributed by atoms with E-state index in [4.69, 9.17) is 4.74 Å². The topological polar surface area (TPSA) is 58.6 Å². The number of nitrogens with one attached hydrogen (secondary N) is 1. The Morgan fingerprint density at radius 1 is 1.15 bits per heavy atom. The van der Waals surface area contributed by atoms with Crippen LogP contribution >= 0.6 is 15.9 Å². The Hall–Kier alpha value is -2.34. The summed E-state index contributed by atoms with van der Waals surface area (Å²) in [6, 6.07) is 11.1. The Balaban J connectivity index is 1.71. The van der Waals surface area contributed by atoms with Crippen molar-refractivity contribution in [3.05, 3.63) is 52.0 Å². The molecule has 0 spiro atoms. The lowest BCUT2D eigenvalue weighted by Gasteiger charge is -2.17. The lowest BCUT2D eigenvalue weighted by atomic mass is 10.1. The minimum Gasteiger partial charge on any atom is -0.497 e. The third-order valence-electron chi connectivity index (χ3n) is 4.86. The van der Waals surface area contributed by atoms with Gasteiger partial charge in [0.2, 0.25) is 11.8 Å². The predicted octanol–water partition coefficient (Wildman–Crippen LogP) is 4.07. The predicted molar refractivity (Wildman–Crippen MR) is 106 cm³/mol. The molecule has 26 heavy (non-hydrogen) atoms. The highest BCUT2D eigenvalue weighted by molar-refractivity contribution is 9.10. The normalized spacial score (nSPS) is 16.7. The van der Waals surface area contributed by atoms with Crippen molar-refractivity contribution in [3.8, 4) is 5.75 Å². The second-order valence-electron chi connectivity index (χ2n) is 6.44. The number of benzene rings is 2. The van der Waals surface area contributed by atoms with E-state index in [1.165, 1.54) is 0 Å². The van der Waals surface area contributed by atoms with E-state index in [2.05, 4.69) is 21.2 Å². The molecule has 0 aliphatic carbocycles. The number of carbonyl (C=O) groups is 2. The number of amides is 2. The second-order valence-corrected chi connectivity index (χ2v) is 7.29. The summed E-state index contributed by atoms with van der Waals surface area (Å²) >= 11 is 3.49. The standard InChI is InChI=1S/C20H21BrN2O3/c1-12-13(2)18(9-8-17(12)21)22-20(25)14-10-19(24)23(11-14)15-4-6-16(26-3)7-5-15/h4-9,14H,10-11H2,1-3H3,(H,22,25)/t14-/m0/s1. The Kier molecular flexibility index (Phi) is 5.32. The first kappa shape index (κ1) is 18.5. The SMILES string of the molecule is COc1ccc(N2C[C@@H](C(=O)Nc3ccc(Br)c(C)c3C)CC2=O)cc1. The quantitative estimate of drug-likeness (QED) is 0.816. The number of nitrogens with zero attached hydrogens (tertiary/aromatic N) is 1. The minimum absolute atomic E-state index is 0.0426. The summed E-state index contributed by atoms with van der Waals surface area (Å²) in [5, 5.41) is 2.97. The molecule has 0 radical (unpaired) electrons. The molecule has 1 saturated heterocycles. The van der Waals surface area contributed by atoms with Crippen molar-refractivity contribution in [2.45, 2.75) is 20.3 Å². The van der Waals surface area contributed by atoms with Crippen LogP contribution in [-0.4, -0.2) is 25.5 Å². The fourth-order valence-electron chi connectivity index (χ4n) is 3.05. The highest BCUT2D eigenvalue weighted by Gasteiger charge is 2.35. The van der Waals surface area contributed by atoms with Gasteiger partial charge in [-0.3, -0.25) is 9.59 Å². The van der Waals surface area contributed by atoms with Crippen molar-refractivity contribution in [2.24, 2.45) is 5.92 Å². The summed E-state index contributed by atoms with van der Waals surface area (Å²) in [4.78, 5) is 26.7. The Morgan fingerprint density at radius 3 is 2.50 bits per heavy atom. The van der Waals surface area contributed by atoms with Crippen molar-refractivity contribution in [1.82, 2.24) is 0 Å². The van der Waals surface area contributed by atoms with E-state index < -0.39 is 0 Å². The summed E-state index contributed by atoms with van der Waals surface area (Å²) in [6.45, 7) is 4.35. The Labute approximate surface area is 161 Å². The highest BCUT2D eigenvalue weighted by atomic mass is 79.9. The number of hydrogen-bond donors (Lipinski definition) is 1. The number of carbonyl (C=O) groups excluding carboxylic acids is 2. The summed E-state index contributed by atoms with van der Waals surface area (Å²) in [5.74, 6) is 0.196. The lowest BCUT2D eigenvalue weighted by molar-refractivity contribution is -0.122. The van der Waals surface area contributed by atoms with Gasteiger partial charge in [0.15, 0.2) is 0 Å². The largest absolute Gasteiger partial charge is 0.497 e. The van der Waals surface area contributed by atoms with Gasteiger partial charge in [0, 0.05) is 28.8 Å². The van der Waals surface area contributed by atoms with E-state index in [1.54, 1.807) is 12.0 Å². The van der Waals surface area contributed by atoms with Crippen LogP contribution in [0.15, 0.2) is 40.9 Å². The van der Waals surface area contributed by atoms with Crippen LogP contribution in [0.4, 0.5) is 11.4 Å². The third-order valence-corrected chi connectivity index (χ3v) is 5.72. The molecule has 0 saturated carbocycles. The molecule has 1 atom stereocenters. The number of anilines is 2. The Bertz CT molecular complexity index is 849. The van der Waals surface area contributed by atoms with E-state index >= 15 is 0 Å². The number of ether oxygens (including phenoxy) is 1. The van der Waals surface area contributed by atoms with Gasteiger partial charge in [-0.2, -0.15) is 0 Å². The monoisotopic (exact) mass is 416 g/mol. The number of halogens is 1. The molecule has 2 aromatic carbocycles. The van der Waals surface area contributed by atoms with E-state index in [-0.39, 0.29) is 24.2 Å². The lowest BCUT2D eigenvalue weighted by Crippen LogP contribution is -2.28. The average Bonchev–Trinajstić information content (AvgIpc) is 3.04. The molecule has 5 nitrogen and oxygen atoms in total. The molecule has 3 rings (SSSR count). The van der Waals surface area contributed by atoms with Crippen molar-refractivity contribution < 1.29 is 14.3 Å². The molecule has 2 amide bonds. The van der Waals surface area contributed by atoms with Crippen LogP contribution in [0.2, 0.25) is 0 Å². The zero-order valence-electron chi connectivity index (χ0n) is 15.0. The van der Waals surface area contributed by atoms with E-state index in [9.17, 15) is 9.59 Å². The summed E-state index contributed by atoms with van der Waals surface area (Å²) in [5.41, 5.74) is 3.67. The number of hydrogen-bond acceptors (Lipinski definition) is 3. The van der Waals surface area contributed by atoms with Crippen LogP contribution in [0, 0.1) is 19.8 Å². The van der Waals surface area contributed by atoms with Gasteiger partial charge in [-0.05, 0) is 61.4 Å². The van der Waals surface area contributed by atoms with Crippen LogP contribution in [-0.2, 0) is 9.59 Å². The molecule has 1 heterocycles. The number of methoxy groups -OCH3 is 1. The molecule has 6 heteroatoms. The van der Waals surface area contributed by atoms with Gasteiger partial charge >= 0.3 is 0 Å². The molecule has 136 valence electrons. The van der Waals surface area contributed by atoms with Crippen LogP contribution in [0.5, 0.6) is 5.75 Å². The second kappa shape index (κ2) is 7.50. The smallest absolute Gasteiger partial charge is 0.229 e. The molecule has 1 aliphatic heterocycles. The summed E-state index contributed by atoms with van der Waals surface area (Å²) in [6.07, 6.45) is 0.215. The third kappa shape index (κ3) is 3.60. The molecule has 0 bridgehead atoms. The highest BCUT2D eigenvalue weighted by Crippen LogP contribution is 2.29. The maximum absolute atomic E-state index is 12.7. The fourth-order valence-corrected chi connectivity index (χ4v) is 3.48. The molecule has 2 aromatic rings. The summed E-state index contributed by atoms with van der Waals surface area (Å²) < 4.78 is 6.15. The van der Waals surface area contributed by atoms with Crippen LogP contribution < -0.4 is 15.0 Å². The van der Waals surface area contributed by atoms with Crippen molar-refractivity contribution in [3.63, 3.8) is 0 Å². The zero-order chi connectivity index (χ0) is 18.8. The van der Waals surface area contributed by atoms with Crippen LogP contribution in [0.3, 0.4) is 0 Å². The average molecular weight is 417 g/mol. The molecule has 0 aromatic heterocycles. The van der Waals surface area contributed by atoms with Gasteiger partial charge in [-0.25, -0.2) is 0 Å². The fraction of sp³-hybridized carbons (Fsp3) is 0.300. The van der Waals surface area contributed by atoms with Crippen LogP contribution in [0.1, 0.15) is 17.5 Å². The van der Waals surface area contributed by atoms with E-state index in [1.807, 2.05) is 50.2 Å². The van der Waals surface area contributed by atoms with E-state index in [0.29, 0.717) is 6.54 Å². The van der Waals surface area contributed by atoms with Crippen LogP contribution in [0.25, 0.3) is 0 Å². The van der Waals surface area contributed by atoms with Gasteiger partial charge in [0.05, 0.1) is 13.0 Å². The molecule has 1 fully saturated rings. The Morgan fingerprint density at radius 2 is 1.85 bits per heavy atom. The van der Waals surface area contributed by atoms with Crippen molar-refractivity contribution in [2.75, 3.05) is 23.9 Å². The molecular weight excluding hydrogens is 396 g/mol. The van der Waals surface area contributed by atoms with Gasteiger partial charge in [0.1, 0.15) is 5.75 Å². The van der Waals surface area contributed by atoms with E-state index in [0.717, 1.165) is 32.7 Å². The maximum Gasteiger partial charge on any atom is 0.229 e. The molecule has 1 aliphatic rings. The maximum atomic E-state index is 12.7. The minimum atomic E-state index is -0.368. The number of rotatable bonds is 4. The summed E-state index contributed by atoms with van der Waals surface area (Å²) in [7, 11) is 1.60. The van der Waals surface area contributed by atoms with Gasteiger partial charge < -0.3 is 15.0 Å². The van der Waals surface area contributed by atoms with Gasteiger partial charge in [-0.1, -0.05) is 15.9 Å². The zero-order valence-corrected chi connectivity index (χ0v) is 16.6. The molecular formula is C20H21BrN2O3. The van der Waals surface area contributed by atoms with Crippen molar-refractivity contribution in [1.29, 1.82) is 0 Å². The first-order valence-corrected chi connectivity index (χ1v) is 9.21. The van der Waals surface area contributed by atoms with Crippen molar-refractivity contribution >= 4 is 39.1 Å². The first-order chi connectivity index (χ1) is 12.4. The van der Waals surface area contributed by atoms with Gasteiger partial charge in [0.25, 0.3) is 0 Å². The molecule has 1 N–H and O–H groups in total. The first-order valence-electron chi connectivity index (χ1n) is 8.41. The molecule has 0 unspecified atom stereocenters.